The van der Waals surface area contributed by atoms with Gasteiger partial charge in [0.05, 0.1) is 25.4 Å². The number of ether oxygens (including phenoxy) is 4. The zero-order valence-corrected chi connectivity index (χ0v) is 19.4. The molecule has 0 atom stereocenters. The van der Waals surface area contributed by atoms with Gasteiger partial charge in [-0.15, -0.1) is 0 Å². The maximum Gasteiger partial charge on any atom is 0.412 e. The first-order valence-electron chi connectivity index (χ1n) is 10.6. The normalized spacial score (nSPS) is 10.6. The van der Waals surface area contributed by atoms with Crippen LogP contribution in [-0.4, -0.2) is 30.3 Å². The molecule has 0 aliphatic heterocycles. The second-order valence-electron chi connectivity index (χ2n) is 7.52. The van der Waals surface area contributed by atoms with Crippen LogP contribution in [0.4, 0.5) is 10.5 Å². The Morgan fingerprint density at radius 2 is 1.65 bits per heavy atom. The Balaban J connectivity index is 1.53. The average Bonchev–Trinajstić information content (AvgIpc) is 2.87. The van der Waals surface area contributed by atoms with Crippen LogP contribution in [0.1, 0.15) is 16.8 Å². The smallest absolute Gasteiger partial charge is 0.412 e. The Kier molecular flexibility index (Phi) is 6.77. The van der Waals surface area contributed by atoms with Crippen molar-refractivity contribution in [3.05, 3.63) is 77.7 Å². The van der Waals surface area contributed by atoms with E-state index in [1.54, 1.807) is 50.9 Å². The second kappa shape index (κ2) is 10.1. The van der Waals surface area contributed by atoms with E-state index in [9.17, 15) is 4.79 Å². The topological polar surface area (TPSA) is 91.8 Å². The SMILES string of the molecule is COc1cc2nccc(Oc3ccc(NC(=O)OCc4ccccn4)c(C)c3C)c2cc1OC. The predicted octanol–water partition coefficient (Wildman–Crippen LogP) is 5.80. The summed E-state index contributed by atoms with van der Waals surface area (Å²) < 4.78 is 22.3. The Morgan fingerprint density at radius 1 is 0.853 bits per heavy atom. The molecule has 0 bridgehead atoms. The molecule has 4 aromatic rings. The van der Waals surface area contributed by atoms with Crippen molar-refractivity contribution in [1.29, 1.82) is 0 Å². The summed E-state index contributed by atoms with van der Waals surface area (Å²) in [6, 6.07) is 14.5. The van der Waals surface area contributed by atoms with Crippen molar-refractivity contribution in [2.45, 2.75) is 20.5 Å². The molecule has 8 heteroatoms. The van der Waals surface area contributed by atoms with Crippen molar-refractivity contribution in [1.82, 2.24) is 9.97 Å². The van der Waals surface area contributed by atoms with Crippen LogP contribution in [0, 0.1) is 13.8 Å². The van der Waals surface area contributed by atoms with Crippen LogP contribution in [-0.2, 0) is 11.3 Å². The third kappa shape index (κ3) is 4.85. The number of pyridine rings is 2. The highest BCUT2D eigenvalue weighted by Gasteiger charge is 2.15. The number of fused-ring (bicyclic) bond motifs is 1. The van der Waals surface area contributed by atoms with E-state index in [4.69, 9.17) is 18.9 Å². The molecule has 34 heavy (non-hydrogen) atoms. The average molecular weight is 460 g/mol. The van der Waals surface area contributed by atoms with Gasteiger partial charge in [-0.2, -0.15) is 0 Å². The van der Waals surface area contributed by atoms with Crippen molar-refractivity contribution in [3.63, 3.8) is 0 Å². The minimum Gasteiger partial charge on any atom is -0.493 e. The molecule has 0 saturated carbocycles. The monoisotopic (exact) mass is 459 g/mol. The molecule has 0 saturated heterocycles. The fraction of sp³-hybridized carbons (Fsp3) is 0.192. The minimum atomic E-state index is -0.553. The predicted molar refractivity (Wildman–Crippen MR) is 129 cm³/mol. The van der Waals surface area contributed by atoms with Gasteiger partial charge in [-0.25, -0.2) is 4.79 Å². The van der Waals surface area contributed by atoms with Gasteiger partial charge in [0.15, 0.2) is 11.5 Å². The van der Waals surface area contributed by atoms with Gasteiger partial charge in [0.2, 0.25) is 0 Å². The first kappa shape index (κ1) is 22.8. The van der Waals surface area contributed by atoms with Crippen LogP contribution >= 0.6 is 0 Å². The first-order valence-corrected chi connectivity index (χ1v) is 10.6. The number of anilines is 1. The summed E-state index contributed by atoms with van der Waals surface area (Å²) in [6.07, 6.45) is 2.78. The molecule has 0 aliphatic carbocycles. The van der Waals surface area contributed by atoms with Crippen LogP contribution in [0.15, 0.2) is 60.9 Å². The molecule has 174 valence electrons. The molecule has 4 rings (SSSR count). The number of carbonyl (C=O) groups excluding carboxylic acids is 1. The van der Waals surface area contributed by atoms with Crippen LogP contribution < -0.4 is 19.5 Å². The highest BCUT2D eigenvalue weighted by molar-refractivity contribution is 5.89. The summed E-state index contributed by atoms with van der Waals surface area (Å²) in [5.74, 6) is 2.47. The van der Waals surface area contributed by atoms with Crippen molar-refractivity contribution in [2.75, 3.05) is 19.5 Å². The Morgan fingerprint density at radius 3 is 2.38 bits per heavy atom. The quantitative estimate of drug-likeness (QED) is 0.373. The summed E-state index contributed by atoms with van der Waals surface area (Å²) >= 11 is 0. The maximum atomic E-state index is 12.3. The van der Waals surface area contributed by atoms with Gasteiger partial charge < -0.3 is 18.9 Å². The summed E-state index contributed by atoms with van der Waals surface area (Å²) in [6.45, 7) is 3.94. The molecule has 0 unspecified atom stereocenters. The zero-order valence-electron chi connectivity index (χ0n) is 19.4. The van der Waals surface area contributed by atoms with Gasteiger partial charge in [-0.3, -0.25) is 15.3 Å². The zero-order chi connectivity index (χ0) is 24.1. The van der Waals surface area contributed by atoms with Crippen molar-refractivity contribution >= 4 is 22.7 Å². The Hall–Kier alpha value is -4.33. The van der Waals surface area contributed by atoms with Crippen LogP contribution in [0.25, 0.3) is 10.9 Å². The Labute approximate surface area is 197 Å². The van der Waals surface area contributed by atoms with E-state index in [2.05, 4.69) is 15.3 Å². The minimum absolute atomic E-state index is 0.0925. The fourth-order valence-electron chi connectivity index (χ4n) is 3.47. The molecule has 1 N–H and O–H groups in total. The van der Waals surface area contributed by atoms with E-state index in [-0.39, 0.29) is 6.61 Å². The van der Waals surface area contributed by atoms with E-state index >= 15 is 0 Å². The van der Waals surface area contributed by atoms with Gasteiger partial charge in [-0.05, 0) is 61.4 Å². The van der Waals surface area contributed by atoms with E-state index in [0.717, 1.165) is 22.0 Å². The van der Waals surface area contributed by atoms with E-state index in [1.807, 2.05) is 38.1 Å². The lowest BCUT2D eigenvalue weighted by molar-refractivity contribution is 0.153. The highest BCUT2D eigenvalue weighted by Crippen LogP contribution is 2.38. The van der Waals surface area contributed by atoms with Gasteiger partial charge in [-0.1, -0.05) is 6.07 Å². The van der Waals surface area contributed by atoms with Crippen molar-refractivity contribution in [2.24, 2.45) is 0 Å². The maximum absolute atomic E-state index is 12.3. The Bertz CT molecular complexity index is 1330. The lowest BCUT2D eigenvalue weighted by Gasteiger charge is -2.16. The standard InChI is InChI=1S/C26H25N3O5/c1-16-17(2)22(9-8-20(16)29-26(30)33-15-18-7-5-6-11-27-18)34-23-10-12-28-21-14-25(32-4)24(31-3)13-19(21)23/h5-14H,15H2,1-4H3,(H,29,30). The molecule has 0 fully saturated rings. The van der Waals surface area contributed by atoms with E-state index in [1.165, 1.54) is 0 Å². The van der Waals surface area contributed by atoms with Gasteiger partial charge >= 0.3 is 6.09 Å². The van der Waals surface area contributed by atoms with E-state index in [0.29, 0.717) is 34.4 Å². The van der Waals surface area contributed by atoms with Crippen LogP contribution in [0.3, 0.4) is 0 Å². The number of hydrogen-bond acceptors (Lipinski definition) is 7. The third-order valence-corrected chi connectivity index (χ3v) is 5.48. The van der Waals surface area contributed by atoms with Crippen LogP contribution in [0.2, 0.25) is 0 Å². The number of nitrogens with one attached hydrogen (secondary N) is 1. The van der Waals surface area contributed by atoms with Gasteiger partial charge in [0.25, 0.3) is 0 Å². The van der Waals surface area contributed by atoms with Gasteiger partial charge in [0, 0.05) is 29.5 Å². The number of aromatic nitrogens is 2. The van der Waals surface area contributed by atoms with E-state index < -0.39 is 6.09 Å². The number of hydrogen-bond donors (Lipinski definition) is 1. The molecule has 2 aromatic carbocycles. The van der Waals surface area contributed by atoms with Crippen molar-refractivity contribution in [3.8, 4) is 23.0 Å². The molecule has 2 heterocycles. The van der Waals surface area contributed by atoms with Crippen molar-refractivity contribution < 1.29 is 23.7 Å². The largest absolute Gasteiger partial charge is 0.493 e. The number of carbonyl (C=O) groups is 1. The molecular formula is C26H25N3O5. The van der Waals surface area contributed by atoms with Crippen LogP contribution in [0.5, 0.6) is 23.0 Å². The molecule has 0 radical (unpaired) electrons. The molecular weight excluding hydrogens is 434 g/mol. The van der Waals surface area contributed by atoms with Gasteiger partial charge in [0.1, 0.15) is 18.1 Å². The first-order chi connectivity index (χ1) is 16.5. The number of amides is 1. The molecule has 0 aliphatic rings. The number of benzene rings is 2. The third-order valence-electron chi connectivity index (χ3n) is 5.48. The molecule has 0 spiro atoms. The molecule has 2 aromatic heterocycles. The lowest BCUT2D eigenvalue weighted by Crippen LogP contribution is -2.15. The summed E-state index contributed by atoms with van der Waals surface area (Å²) in [4.78, 5) is 20.8. The molecule has 8 nitrogen and oxygen atoms in total. The second-order valence-corrected chi connectivity index (χ2v) is 7.52. The lowest BCUT2D eigenvalue weighted by atomic mass is 10.1. The summed E-state index contributed by atoms with van der Waals surface area (Å²) in [7, 11) is 3.17. The number of rotatable bonds is 7. The summed E-state index contributed by atoms with van der Waals surface area (Å²) in [5, 5.41) is 3.57. The highest BCUT2D eigenvalue weighted by atomic mass is 16.5. The fourth-order valence-corrected chi connectivity index (χ4v) is 3.47. The summed E-state index contributed by atoms with van der Waals surface area (Å²) in [5.41, 5.74) is 3.78. The number of nitrogens with zero attached hydrogens (tertiary/aromatic N) is 2. The molecule has 1 amide bonds. The number of methoxy groups -OCH3 is 2.